The highest BCUT2D eigenvalue weighted by molar-refractivity contribution is 5.29. The van der Waals surface area contributed by atoms with Crippen LogP contribution in [-0.4, -0.2) is 0 Å². The number of halogens is 3. The first-order chi connectivity index (χ1) is 7.00. The SMILES string of the molecule is CC(C)[C@H]1C[C@@H]1c1cc(F)cc(F)c1F. The minimum absolute atomic E-state index is 0.00444. The molecule has 1 aliphatic carbocycles. The fraction of sp³-hybridized carbons (Fsp3) is 0.500. The fourth-order valence-corrected chi connectivity index (χ4v) is 2.15. The molecule has 0 saturated heterocycles. The molecule has 0 unspecified atom stereocenters. The van der Waals surface area contributed by atoms with Gasteiger partial charge in [-0.25, -0.2) is 13.2 Å². The van der Waals surface area contributed by atoms with Gasteiger partial charge in [0.05, 0.1) is 0 Å². The summed E-state index contributed by atoms with van der Waals surface area (Å²) in [6.45, 7) is 4.08. The van der Waals surface area contributed by atoms with Crippen LogP contribution in [0.5, 0.6) is 0 Å². The van der Waals surface area contributed by atoms with E-state index in [1.807, 2.05) is 13.8 Å². The van der Waals surface area contributed by atoms with Gasteiger partial charge >= 0.3 is 0 Å². The van der Waals surface area contributed by atoms with Crippen LogP contribution in [0, 0.1) is 29.3 Å². The molecule has 0 radical (unpaired) electrons. The summed E-state index contributed by atoms with van der Waals surface area (Å²) in [5.74, 6) is -1.88. The lowest BCUT2D eigenvalue weighted by molar-refractivity contribution is 0.477. The van der Waals surface area contributed by atoms with Crippen LogP contribution in [-0.2, 0) is 0 Å². The molecule has 1 aromatic rings. The minimum Gasteiger partial charge on any atom is -0.207 e. The number of hydrogen-bond acceptors (Lipinski definition) is 0. The van der Waals surface area contributed by atoms with Crippen molar-refractivity contribution in [3.8, 4) is 0 Å². The summed E-state index contributed by atoms with van der Waals surface area (Å²) in [7, 11) is 0. The van der Waals surface area contributed by atoms with Gasteiger partial charge in [0.2, 0.25) is 0 Å². The minimum atomic E-state index is -1.08. The smallest absolute Gasteiger partial charge is 0.162 e. The van der Waals surface area contributed by atoms with Crippen molar-refractivity contribution in [2.45, 2.75) is 26.2 Å². The highest BCUT2D eigenvalue weighted by Crippen LogP contribution is 2.52. The molecular weight excluding hydrogens is 201 g/mol. The molecule has 1 fully saturated rings. The Morgan fingerprint density at radius 1 is 1.20 bits per heavy atom. The van der Waals surface area contributed by atoms with Crippen molar-refractivity contribution < 1.29 is 13.2 Å². The molecule has 2 atom stereocenters. The second-order valence-corrected chi connectivity index (χ2v) is 4.54. The van der Waals surface area contributed by atoms with E-state index in [1.54, 1.807) is 0 Å². The first-order valence-corrected chi connectivity index (χ1v) is 5.15. The molecule has 1 aromatic carbocycles. The Morgan fingerprint density at radius 3 is 2.40 bits per heavy atom. The van der Waals surface area contributed by atoms with Gasteiger partial charge in [0.25, 0.3) is 0 Å². The topological polar surface area (TPSA) is 0 Å². The van der Waals surface area contributed by atoms with Gasteiger partial charge in [-0.05, 0) is 35.8 Å². The predicted octanol–water partition coefficient (Wildman–Crippen LogP) is 3.86. The molecule has 0 aromatic heterocycles. The molecule has 0 bridgehead atoms. The largest absolute Gasteiger partial charge is 0.207 e. The van der Waals surface area contributed by atoms with Crippen LogP contribution >= 0.6 is 0 Å². The Kier molecular flexibility index (Phi) is 2.49. The third-order valence-corrected chi connectivity index (χ3v) is 3.12. The van der Waals surface area contributed by atoms with E-state index in [4.69, 9.17) is 0 Å². The van der Waals surface area contributed by atoms with E-state index in [2.05, 4.69) is 0 Å². The molecule has 15 heavy (non-hydrogen) atoms. The lowest BCUT2D eigenvalue weighted by atomic mass is 10.0. The normalized spacial score (nSPS) is 24.7. The van der Waals surface area contributed by atoms with Crippen molar-refractivity contribution in [1.82, 2.24) is 0 Å². The number of rotatable bonds is 2. The third-order valence-electron chi connectivity index (χ3n) is 3.12. The molecule has 0 aliphatic heterocycles. The molecule has 0 amide bonds. The van der Waals surface area contributed by atoms with Crippen molar-refractivity contribution in [3.05, 3.63) is 35.1 Å². The van der Waals surface area contributed by atoms with Crippen LogP contribution in [0.1, 0.15) is 31.7 Å². The van der Waals surface area contributed by atoms with Crippen LogP contribution < -0.4 is 0 Å². The quantitative estimate of drug-likeness (QED) is 0.656. The van der Waals surface area contributed by atoms with Gasteiger partial charge in [0.1, 0.15) is 5.82 Å². The van der Waals surface area contributed by atoms with Crippen molar-refractivity contribution in [2.24, 2.45) is 11.8 Å². The molecule has 0 heterocycles. The van der Waals surface area contributed by atoms with Crippen LogP contribution in [0.2, 0.25) is 0 Å². The first kappa shape index (κ1) is 10.5. The maximum Gasteiger partial charge on any atom is 0.162 e. The van der Waals surface area contributed by atoms with E-state index in [0.29, 0.717) is 17.9 Å². The van der Waals surface area contributed by atoms with Gasteiger partial charge in [-0.3, -0.25) is 0 Å². The van der Waals surface area contributed by atoms with Gasteiger partial charge in [0, 0.05) is 6.07 Å². The summed E-state index contributed by atoms with van der Waals surface area (Å²) in [6, 6.07) is 1.71. The highest BCUT2D eigenvalue weighted by Gasteiger charge is 2.42. The van der Waals surface area contributed by atoms with Crippen LogP contribution in [0.15, 0.2) is 12.1 Å². The van der Waals surface area contributed by atoms with E-state index in [0.717, 1.165) is 12.5 Å². The summed E-state index contributed by atoms with van der Waals surface area (Å²) in [4.78, 5) is 0. The zero-order valence-electron chi connectivity index (χ0n) is 8.73. The van der Waals surface area contributed by atoms with Crippen LogP contribution in [0.25, 0.3) is 0 Å². The van der Waals surface area contributed by atoms with E-state index in [-0.39, 0.29) is 11.5 Å². The summed E-state index contributed by atoms with van der Waals surface area (Å²) >= 11 is 0. The van der Waals surface area contributed by atoms with Gasteiger partial charge in [0.15, 0.2) is 11.6 Å². The lowest BCUT2D eigenvalue weighted by Gasteiger charge is -2.06. The summed E-state index contributed by atoms with van der Waals surface area (Å²) in [5.41, 5.74) is 0.200. The zero-order chi connectivity index (χ0) is 11.2. The molecular formula is C12H13F3. The molecule has 82 valence electrons. The second-order valence-electron chi connectivity index (χ2n) is 4.54. The Labute approximate surface area is 87.1 Å². The van der Waals surface area contributed by atoms with Crippen molar-refractivity contribution in [1.29, 1.82) is 0 Å². The Balaban J connectivity index is 2.30. The van der Waals surface area contributed by atoms with Gasteiger partial charge in [-0.1, -0.05) is 13.8 Å². The highest BCUT2D eigenvalue weighted by atomic mass is 19.2. The van der Waals surface area contributed by atoms with Gasteiger partial charge < -0.3 is 0 Å². The fourth-order valence-electron chi connectivity index (χ4n) is 2.15. The van der Waals surface area contributed by atoms with E-state index >= 15 is 0 Å². The summed E-state index contributed by atoms with van der Waals surface area (Å²) in [5, 5.41) is 0. The average molecular weight is 214 g/mol. The van der Waals surface area contributed by atoms with Gasteiger partial charge in [-0.2, -0.15) is 0 Å². The monoisotopic (exact) mass is 214 g/mol. The summed E-state index contributed by atoms with van der Waals surface area (Å²) < 4.78 is 39.2. The predicted molar refractivity (Wildman–Crippen MR) is 52.0 cm³/mol. The molecule has 0 N–H and O–H groups in total. The molecule has 3 heteroatoms. The Morgan fingerprint density at radius 2 is 1.87 bits per heavy atom. The Hall–Kier alpha value is -0.990. The molecule has 1 saturated carbocycles. The standard InChI is InChI=1S/C12H13F3/c1-6(2)8-5-9(8)10-3-7(13)4-11(14)12(10)15/h3-4,6,8-9H,5H2,1-2H3/t8-,9+/m1/s1. The van der Waals surface area contributed by atoms with E-state index in [9.17, 15) is 13.2 Å². The maximum atomic E-state index is 13.4. The number of benzene rings is 1. The van der Waals surface area contributed by atoms with Crippen molar-refractivity contribution >= 4 is 0 Å². The molecule has 2 rings (SSSR count). The van der Waals surface area contributed by atoms with Gasteiger partial charge in [-0.15, -0.1) is 0 Å². The third kappa shape index (κ3) is 1.87. The average Bonchev–Trinajstić information content (AvgIpc) is 2.90. The zero-order valence-corrected chi connectivity index (χ0v) is 8.73. The van der Waals surface area contributed by atoms with E-state index < -0.39 is 17.5 Å². The second kappa shape index (κ2) is 3.54. The molecule has 0 nitrogen and oxygen atoms in total. The van der Waals surface area contributed by atoms with Crippen LogP contribution in [0.3, 0.4) is 0 Å². The number of hydrogen-bond donors (Lipinski definition) is 0. The van der Waals surface area contributed by atoms with Crippen molar-refractivity contribution in [3.63, 3.8) is 0 Å². The van der Waals surface area contributed by atoms with Crippen LogP contribution in [0.4, 0.5) is 13.2 Å². The summed E-state index contributed by atoms with van der Waals surface area (Å²) in [6.07, 6.45) is 0.831. The maximum absolute atomic E-state index is 13.4. The Bertz CT molecular complexity index is 385. The lowest BCUT2D eigenvalue weighted by Crippen LogP contribution is -1.98. The molecule has 1 aliphatic rings. The van der Waals surface area contributed by atoms with E-state index in [1.165, 1.54) is 0 Å². The molecule has 0 spiro atoms. The first-order valence-electron chi connectivity index (χ1n) is 5.15. The van der Waals surface area contributed by atoms with Crippen molar-refractivity contribution in [2.75, 3.05) is 0 Å².